The molecule has 1 saturated carbocycles. The van der Waals surface area contributed by atoms with Crippen molar-refractivity contribution >= 4 is 5.91 Å². The summed E-state index contributed by atoms with van der Waals surface area (Å²) >= 11 is 0. The summed E-state index contributed by atoms with van der Waals surface area (Å²) in [5.41, 5.74) is 6.15. The number of nitrogens with zero attached hydrogens (tertiary/aromatic N) is 1. The second kappa shape index (κ2) is 7.99. The summed E-state index contributed by atoms with van der Waals surface area (Å²) in [6, 6.07) is 0.227. The number of hydrogen-bond donors (Lipinski definition) is 1. The molecule has 2 fully saturated rings. The topological polar surface area (TPSA) is 55.6 Å². The molecule has 0 aromatic carbocycles. The summed E-state index contributed by atoms with van der Waals surface area (Å²) < 4.78 is 5.81. The van der Waals surface area contributed by atoms with E-state index in [1.807, 2.05) is 4.90 Å². The van der Waals surface area contributed by atoms with Gasteiger partial charge in [-0.15, -0.1) is 0 Å². The number of nitrogens with two attached hydrogens (primary N) is 1. The van der Waals surface area contributed by atoms with Crippen LogP contribution >= 0.6 is 0 Å². The van der Waals surface area contributed by atoms with Crippen molar-refractivity contribution in [1.29, 1.82) is 0 Å². The minimum absolute atomic E-state index is 0.227. The monoisotopic (exact) mass is 282 g/mol. The second-order valence-electron chi connectivity index (χ2n) is 6.39. The Morgan fingerprint density at radius 1 is 1.25 bits per heavy atom. The van der Waals surface area contributed by atoms with Gasteiger partial charge in [-0.2, -0.15) is 0 Å². The van der Waals surface area contributed by atoms with Gasteiger partial charge in [-0.25, -0.2) is 0 Å². The van der Waals surface area contributed by atoms with Crippen molar-refractivity contribution < 1.29 is 9.53 Å². The molecule has 1 aliphatic heterocycles. The third kappa shape index (κ3) is 4.45. The zero-order valence-corrected chi connectivity index (χ0v) is 12.9. The summed E-state index contributed by atoms with van der Waals surface area (Å²) in [5.74, 6) is 0.685. The zero-order valence-electron chi connectivity index (χ0n) is 12.9. The van der Waals surface area contributed by atoms with Crippen LogP contribution in [0.5, 0.6) is 0 Å². The summed E-state index contributed by atoms with van der Waals surface area (Å²) in [5, 5.41) is 0. The second-order valence-corrected chi connectivity index (χ2v) is 6.39. The highest BCUT2D eigenvalue weighted by molar-refractivity contribution is 5.76. The van der Waals surface area contributed by atoms with Crippen LogP contribution in [0.1, 0.15) is 58.3 Å². The molecule has 4 heteroatoms. The molecule has 0 aromatic rings. The number of hydrogen-bond acceptors (Lipinski definition) is 3. The number of ether oxygens (including phenoxy) is 1. The molecular formula is C16H30N2O2. The van der Waals surface area contributed by atoms with Crippen LogP contribution in [-0.2, 0) is 9.53 Å². The first-order valence-corrected chi connectivity index (χ1v) is 8.35. The van der Waals surface area contributed by atoms with E-state index in [1.54, 1.807) is 0 Å². The Hall–Kier alpha value is -0.610. The first kappa shape index (κ1) is 15.8. The van der Waals surface area contributed by atoms with E-state index in [9.17, 15) is 4.79 Å². The normalized spacial score (nSPS) is 31.3. The third-order valence-electron chi connectivity index (χ3n) is 4.69. The molecule has 0 radical (unpaired) electrons. The number of piperidine rings is 1. The lowest BCUT2D eigenvalue weighted by molar-refractivity contribution is -0.136. The van der Waals surface area contributed by atoms with Crippen LogP contribution in [0.3, 0.4) is 0 Å². The molecule has 4 nitrogen and oxygen atoms in total. The lowest BCUT2D eigenvalue weighted by Crippen LogP contribution is -2.45. The maximum Gasteiger partial charge on any atom is 0.222 e. The molecule has 1 amide bonds. The van der Waals surface area contributed by atoms with E-state index >= 15 is 0 Å². The number of likely N-dealkylation sites (tertiary alicyclic amines) is 1. The highest BCUT2D eigenvalue weighted by Gasteiger charge is 2.29. The number of carbonyl (C=O) groups is 1. The molecule has 0 aromatic heterocycles. The van der Waals surface area contributed by atoms with Gasteiger partial charge < -0.3 is 15.4 Å². The highest BCUT2D eigenvalue weighted by atomic mass is 16.5. The maximum absolute atomic E-state index is 12.4. The van der Waals surface area contributed by atoms with Gasteiger partial charge in [0.05, 0.1) is 6.10 Å². The Morgan fingerprint density at radius 2 is 2.05 bits per heavy atom. The van der Waals surface area contributed by atoms with Crippen molar-refractivity contribution in [1.82, 2.24) is 4.90 Å². The molecule has 116 valence electrons. The van der Waals surface area contributed by atoms with E-state index < -0.39 is 0 Å². The lowest BCUT2D eigenvalue weighted by Gasteiger charge is -2.35. The lowest BCUT2D eigenvalue weighted by atomic mass is 9.82. The van der Waals surface area contributed by atoms with Crippen molar-refractivity contribution in [3.63, 3.8) is 0 Å². The molecule has 0 bridgehead atoms. The van der Waals surface area contributed by atoms with Crippen molar-refractivity contribution in [2.75, 3.05) is 19.7 Å². The van der Waals surface area contributed by atoms with Crippen LogP contribution in [0.2, 0.25) is 0 Å². The van der Waals surface area contributed by atoms with Gasteiger partial charge in [0.15, 0.2) is 0 Å². The standard InChI is InChI=1S/C16H30N2O2/c1-2-10-20-14-7-5-9-18(12-14)16(19)11-13-6-3-4-8-15(13)17/h13-15H,2-12,17H2,1H3. The van der Waals surface area contributed by atoms with Gasteiger partial charge in [-0.05, 0) is 38.0 Å². The first-order valence-electron chi connectivity index (χ1n) is 8.35. The Morgan fingerprint density at radius 3 is 2.80 bits per heavy atom. The first-order chi connectivity index (χ1) is 9.70. The van der Waals surface area contributed by atoms with Crippen LogP contribution in [0.4, 0.5) is 0 Å². The molecule has 1 saturated heterocycles. The van der Waals surface area contributed by atoms with E-state index in [1.165, 1.54) is 12.8 Å². The third-order valence-corrected chi connectivity index (χ3v) is 4.69. The molecule has 1 heterocycles. The van der Waals surface area contributed by atoms with Gasteiger partial charge in [0, 0.05) is 32.2 Å². The van der Waals surface area contributed by atoms with Crippen molar-refractivity contribution in [3.8, 4) is 0 Å². The Balaban J connectivity index is 1.79. The van der Waals surface area contributed by atoms with E-state index in [-0.39, 0.29) is 18.1 Å². The molecule has 3 unspecified atom stereocenters. The Kier molecular flexibility index (Phi) is 6.30. The van der Waals surface area contributed by atoms with Gasteiger partial charge in [0.25, 0.3) is 0 Å². The molecule has 2 rings (SSSR count). The van der Waals surface area contributed by atoms with E-state index in [4.69, 9.17) is 10.5 Å². The Labute approximate surface area is 123 Å². The minimum Gasteiger partial charge on any atom is -0.376 e. The fourth-order valence-electron chi connectivity index (χ4n) is 3.43. The average molecular weight is 282 g/mol. The number of carbonyl (C=O) groups excluding carboxylic acids is 1. The van der Waals surface area contributed by atoms with Crippen LogP contribution < -0.4 is 5.73 Å². The van der Waals surface area contributed by atoms with Crippen LogP contribution in [0.25, 0.3) is 0 Å². The van der Waals surface area contributed by atoms with Gasteiger partial charge in [-0.3, -0.25) is 4.79 Å². The van der Waals surface area contributed by atoms with E-state index in [2.05, 4.69) is 6.92 Å². The number of rotatable bonds is 5. The van der Waals surface area contributed by atoms with Crippen molar-refractivity contribution in [2.24, 2.45) is 11.7 Å². The minimum atomic E-state index is 0.227. The predicted octanol–water partition coefficient (Wildman–Crippen LogP) is 2.31. The van der Waals surface area contributed by atoms with E-state index in [0.717, 1.165) is 51.8 Å². The smallest absolute Gasteiger partial charge is 0.222 e. The molecule has 0 spiro atoms. The van der Waals surface area contributed by atoms with Crippen LogP contribution in [0.15, 0.2) is 0 Å². The average Bonchev–Trinajstić information content (AvgIpc) is 2.48. The molecule has 2 aliphatic rings. The number of amides is 1. The fraction of sp³-hybridized carbons (Fsp3) is 0.938. The highest BCUT2D eigenvalue weighted by Crippen LogP contribution is 2.27. The van der Waals surface area contributed by atoms with Crippen LogP contribution in [0, 0.1) is 5.92 Å². The summed E-state index contributed by atoms with van der Waals surface area (Å²) in [7, 11) is 0. The predicted molar refractivity (Wildman–Crippen MR) is 80.4 cm³/mol. The van der Waals surface area contributed by atoms with Gasteiger partial charge in [0.2, 0.25) is 5.91 Å². The van der Waals surface area contributed by atoms with Crippen molar-refractivity contribution in [3.05, 3.63) is 0 Å². The zero-order chi connectivity index (χ0) is 14.4. The fourth-order valence-corrected chi connectivity index (χ4v) is 3.43. The summed E-state index contributed by atoms with van der Waals surface area (Å²) in [4.78, 5) is 14.5. The SMILES string of the molecule is CCCOC1CCCN(C(=O)CC2CCCCC2N)C1. The maximum atomic E-state index is 12.4. The molecule has 1 aliphatic carbocycles. The molecular weight excluding hydrogens is 252 g/mol. The van der Waals surface area contributed by atoms with E-state index in [0.29, 0.717) is 12.3 Å². The quantitative estimate of drug-likeness (QED) is 0.842. The summed E-state index contributed by atoms with van der Waals surface area (Å²) in [6.07, 6.45) is 8.74. The van der Waals surface area contributed by atoms with Gasteiger partial charge in [-0.1, -0.05) is 19.8 Å². The van der Waals surface area contributed by atoms with Crippen molar-refractivity contribution in [2.45, 2.75) is 70.4 Å². The van der Waals surface area contributed by atoms with Gasteiger partial charge >= 0.3 is 0 Å². The Bertz CT molecular complexity index is 309. The summed E-state index contributed by atoms with van der Waals surface area (Å²) in [6.45, 7) is 4.60. The largest absolute Gasteiger partial charge is 0.376 e. The van der Waals surface area contributed by atoms with Crippen LogP contribution in [-0.4, -0.2) is 42.6 Å². The molecule has 3 atom stereocenters. The van der Waals surface area contributed by atoms with Gasteiger partial charge in [0.1, 0.15) is 0 Å². The molecule has 20 heavy (non-hydrogen) atoms. The molecule has 2 N–H and O–H groups in total.